The van der Waals surface area contributed by atoms with E-state index in [0.29, 0.717) is 13.0 Å². The molecule has 0 spiro atoms. The van der Waals surface area contributed by atoms with E-state index in [9.17, 15) is 9.59 Å². The Bertz CT molecular complexity index is 677. The molecule has 2 N–H and O–H groups in total. The number of carbonyl (C=O) groups excluding carboxylic acids is 2. The smallest absolute Gasteiger partial charge is 0.242 e. The van der Waals surface area contributed by atoms with Crippen LogP contribution in [0.4, 0.5) is 0 Å². The lowest BCUT2D eigenvalue weighted by Crippen LogP contribution is -2.48. The normalized spacial score (nSPS) is 11.6. The molecule has 1 unspecified atom stereocenters. The fourth-order valence-corrected chi connectivity index (χ4v) is 3.10. The summed E-state index contributed by atoms with van der Waals surface area (Å²) in [6, 6.07) is 19.1. The van der Waals surface area contributed by atoms with Crippen molar-refractivity contribution < 1.29 is 9.59 Å². The summed E-state index contributed by atoms with van der Waals surface area (Å²) >= 11 is 1.67. The van der Waals surface area contributed by atoms with Crippen molar-refractivity contribution in [1.29, 1.82) is 0 Å². The fourth-order valence-electron chi connectivity index (χ4n) is 2.63. The van der Waals surface area contributed by atoms with Crippen molar-refractivity contribution >= 4 is 23.6 Å². The summed E-state index contributed by atoms with van der Waals surface area (Å²) in [5.41, 5.74) is 2.12. The van der Waals surface area contributed by atoms with Gasteiger partial charge < -0.3 is 10.6 Å². The maximum atomic E-state index is 12.5. The van der Waals surface area contributed by atoms with Gasteiger partial charge in [-0.1, -0.05) is 60.7 Å². The van der Waals surface area contributed by atoms with E-state index in [2.05, 4.69) is 10.6 Å². The standard InChI is InChI=1S/C21H26N2O2S/c1-26-15-13-19(23-20(24)16-18-10-6-3-7-11-18)21(25)22-14-12-17-8-4-2-5-9-17/h2-11,19H,12-16H2,1H3,(H,22,25)(H,23,24). The highest BCUT2D eigenvalue weighted by Gasteiger charge is 2.20. The van der Waals surface area contributed by atoms with E-state index in [4.69, 9.17) is 0 Å². The molecule has 2 aromatic rings. The third-order valence-corrected chi connectivity index (χ3v) is 4.67. The number of hydrogen-bond acceptors (Lipinski definition) is 3. The van der Waals surface area contributed by atoms with Crippen LogP contribution in [0.2, 0.25) is 0 Å². The molecule has 0 aliphatic heterocycles. The van der Waals surface area contributed by atoms with Crippen LogP contribution in [0.1, 0.15) is 17.5 Å². The average Bonchev–Trinajstić information content (AvgIpc) is 2.66. The minimum absolute atomic E-state index is 0.114. The van der Waals surface area contributed by atoms with Crippen molar-refractivity contribution in [3.8, 4) is 0 Å². The van der Waals surface area contributed by atoms with Crippen molar-refractivity contribution in [1.82, 2.24) is 10.6 Å². The second-order valence-electron chi connectivity index (χ2n) is 6.09. The molecule has 0 saturated carbocycles. The summed E-state index contributed by atoms with van der Waals surface area (Å²) in [6.07, 6.45) is 3.68. The van der Waals surface area contributed by atoms with Gasteiger partial charge >= 0.3 is 0 Å². The Balaban J connectivity index is 1.84. The van der Waals surface area contributed by atoms with Crippen LogP contribution in [-0.2, 0) is 22.4 Å². The number of benzene rings is 2. The van der Waals surface area contributed by atoms with Gasteiger partial charge in [0.25, 0.3) is 0 Å². The van der Waals surface area contributed by atoms with Crippen molar-refractivity contribution in [3.05, 3.63) is 71.8 Å². The summed E-state index contributed by atoms with van der Waals surface area (Å²) in [5, 5.41) is 5.83. The zero-order chi connectivity index (χ0) is 18.6. The third kappa shape index (κ3) is 7.31. The van der Waals surface area contributed by atoms with E-state index in [1.165, 1.54) is 5.56 Å². The van der Waals surface area contributed by atoms with Gasteiger partial charge in [0.05, 0.1) is 6.42 Å². The molecular formula is C21H26N2O2S. The lowest BCUT2D eigenvalue weighted by Gasteiger charge is -2.18. The highest BCUT2D eigenvalue weighted by molar-refractivity contribution is 7.98. The average molecular weight is 371 g/mol. The van der Waals surface area contributed by atoms with E-state index in [0.717, 1.165) is 17.7 Å². The molecule has 5 heteroatoms. The molecule has 2 rings (SSSR count). The van der Waals surface area contributed by atoms with Gasteiger partial charge in [-0.2, -0.15) is 11.8 Å². The maximum Gasteiger partial charge on any atom is 0.242 e. The Labute approximate surface area is 159 Å². The second kappa shape index (κ2) is 11.4. The molecule has 0 heterocycles. The quantitative estimate of drug-likeness (QED) is 0.676. The zero-order valence-corrected chi connectivity index (χ0v) is 15.9. The van der Waals surface area contributed by atoms with Gasteiger partial charge in [0.2, 0.25) is 11.8 Å². The lowest BCUT2D eigenvalue weighted by molar-refractivity contribution is -0.128. The molecule has 138 valence electrons. The number of hydrogen-bond donors (Lipinski definition) is 2. The van der Waals surface area contributed by atoms with Crippen molar-refractivity contribution in [2.75, 3.05) is 18.6 Å². The van der Waals surface area contributed by atoms with Gasteiger partial charge in [-0.05, 0) is 36.0 Å². The molecule has 2 amide bonds. The Hall–Kier alpha value is -2.27. The zero-order valence-electron chi connectivity index (χ0n) is 15.1. The fraction of sp³-hybridized carbons (Fsp3) is 0.333. The predicted molar refractivity (Wildman–Crippen MR) is 108 cm³/mol. The molecule has 0 fully saturated rings. The lowest BCUT2D eigenvalue weighted by atomic mass is 10.1. The molecule has 0 bridgehead atoms. The number of rotatable bonds is 10. The van der Waals surface area contributed by atoms with Crippen LogP contribution >= 0.6 is 11.8 Å². The Morgan fingerprint density at radius 3 is 2.19 bits per heavy atom. The SMILES string of the molecule is CSCCC(NC(=O)Cc1ccccc1)C(=O)NCCc1ccccc1. The summed E-state index contributed by atoms with van der Waals surface area (Å²) in [5.74, 6) is 0.583. The maximum absolute atomic E-state index is 12.5. The van der Waals surface area contributed by atoms with E-state index < -0.39 is 6.04 Å². The molecule has 4 nitrogen and oxygen atoms in total. The first-order valence-electron chi connectivity index (χ1n) is 8.83. The summed E-state index contributed by atoms with van der Waals surface area (Å²) in [4.78, 5) is 24.8. The second-order valence-corrected chi connectivity index (χ2v) is 7.08. The Kier molecular flexibility index (Phi) is 8.76. The molecule has 2 aromatic carbocycles. The van der Waals surface area contributed by atoms with Crippen LogP contribution in [0.5, 0.6) is 0 Å². The molecule has 0 aliphatic rings. The minimum atomic E-state index is -0.491. The summed E-state index contributed by atoms with van der Waals surface area (Å²) in [6.45, 7) is 0.563. The van der Waals surface area contributed by atoms with Crippen LogP contribution in [0.25, 0.3) is 0 Å². The molecular weight excluding hydrogens is 344 g/mol. The highest BCUT2D eigenvalue weighted by Crippen LogP contribution is 2.04. The number of amides is 2. The molecule has 0 aliphatic carbocycles. The van der Waals surface area contributed by atoms with Crippen molar-refractivity contribution in [2.45, 2.75) is 25.3 Å². The number of nitrogens with one attached hydrogen (secondary N) is 2. The molecule has 0 radical (unpaired) electrons. The Morgan fingerprint density at radius 2 is 1.58 bits per heavy atom. The Morgan fingerprint density at radius 1 is 0.962 bits per heavy atom. The van der Waals surface area contributed by atoms with Gasteiger partial charge in [-0.3, -0.25) is 9.59 Å². The topological polar surface area (TPSA) is 58.2 Å². The summed E-state index contributed by atoms with van der Waals surface area (Å²) in [7, 11) is 0. The first-order chi connectivity index (χ1) is 12.7. The van der Waals surface area contributed by atoms with Gasteiger partial charge in [-0.15, -0.1) is 0 Å². The van der Waals surface area contributed by atoms with E-state index in [1.54, 1.807) is 11.8 Å². The largest absolute Gasteiger partial charge is 0.354 e. The van der Waals surface area contributed by atoms with Gasteiger partial charge in [-0.25, -0.2) is 0 Å². The highest BCUT2D eigenvalue weighted by atomic mass is 32.2. The number of carbonyl (C=O) groups is 2. The number of thioether (sulfide) groups is 1. The van der Waals surface area contributed by atoms with E-state index >= 15 is 0 Å². The van der Waals surface area contributed by atoms with Crippen molar-refractivity contribution in [2.24, 2.45) is 0 Å². The third-order valence-electron chi connectivity index (χ3n) is 4.03. The van der Waals surface area contributed by atoms with Gasteiger partial charge in [0.15, 0.2) is 0 Å². The molecule has 0 saturated heterocycles. The molecule has 26 heavy (non-hydrogen) atoms. The van der Waals surface area contributed by atoms with Crippen molar-refractivity contribution in [3.63, 3.8) is 0 Å². The van der Waals surface area contributed by atoms with E-state index in [1.807, 2.05) is 66.9 Å². The van der Waals surface area contributed by atoms with Gasteiger partial charge in [0.1, 0.15) is 6.04 Å². The minimum Gasteiger partial charge on any atom is -0.354 e. The van der Waals surface area contributed by atoms with Crippen LogP contribution in [0.3, 0.4) is 0 Å². The van der Waals surface area contributed by atoms with E-state index in [-0.39, 0.29) is 18.2 Å². The van der Waals surface area contributed by atoms with Crippen LogP contribution in [0, 0.1) is 0 Å². The van der Waals surface area contributed by atoms with Crippen LogP contribution in [0.15, 0.2) is 60.7 Å². The predicted octanol–water partition coefficient (Wildman–Crippen LogP) is 2.83. The van der Waals surface area contributed by atoms with Crippen LogP contribution in [-0.4, -0.2) is 36.4 Å². The first-order valence-corrected chi connectivity index (χ1v) is 10.2. The monoisotopic (exact) mass is 370 g/mol. The molecule has 0 aromatic heterocycles. The molecule has 1 atom stereocenters. The first kappa shape index (κ1) is 20.0. The summed E-state index contributed by atoms with van der Waals surface area (Å²) < 4.78 is 0. The van der Waals surface area contributed by atoms with Crippen LogP contribution < -0.4 is 10.6 Å². The van der Waals surface area contributed by atoms with Gasteiger partial charge in [0, 0.05) is 6.54 Å².